The van der Waals surface area contributed by atoms with Gasteiger partial charge in [-0.25, -0.2) is 0 Å². The van der Waals surface area contributed by atoms with Gasteiger partial charge in [-0.05, 0) is 25.7 Å². The van der Waals surface area contributed by atoms with Gasteiger partial charge >= 0.3 is 0 Å². The number of ether oxygens (including phenoxy) is 7. The molecule has 0 amide bonds. The molecule has 5 rings (SSSR count). The number of hydrogen-bond acceptors (Lipinski definition) is 9. The smallest absolute Gasteiger partial charge is 0.169 e. The van der Waals surface area contributed by atoms with Gasteiger partial charge in [0.15, 0.2) is 11.6 Å². The van der Waals surface area contributed by atoms with Gasteiger partial charge in [0.25, 0.3) is 0 Å². The van der Waals surface area contributed by atoms with Crippen LogP contribution in [0, 0.1) is 0 Å². The summed E-state index contributed by atoms with van der Waals surface area (Å²) in [6.45, 7) is 1.04. The molecule has 2 aliphatic heterocycles. The fourth-order valence-corrected chi connectivity index (χ4v) is 6.29. The molecule has 0 bridgehead atoms. The maximum Gasteiger partial charge on any atom is 0.169 e. The van der Waals surface area contributed by atoms with Crippen molar-refractivity contribution < 1.29 is 33.2 Å². The van der Waals surface area contributed by atoms with E-state index in [1.807, 2.05) is 0 Å². The molecular formula is C27H42N2O7. The lowest BCUT2D eigenvalue weighted by Crippen LogP contribution is -2.40. The topological polar surface area (TPSA) is 90.4 Å². The third-order valence-corrected chi connectivity index (χ3v) is 8.32. The molecule has 4 aliphatic rings. The predicted molar refractivity (Wildman–Crippen MR) is 130 cm³/mol. The Balaban J connectivity index is 1.21. The van der Waals surface area contributed by atoms with Crippen LogP contribution in [0.4, 0.5) is 0 Å². The first kappa shape index (κ1) is 26.4. The van der Waals surface area contributed by atoms with Crippen molar-refractivity contribution in [1.82, 2.24) is 9.97 Å². The molecule has 36 heavy (non-hydrogen) atoms. The van der Waals surface area contributed by atoms with Gasteiger partial charge in [0.2, 0.25) is 0 Å². The van der Waals surface area contributed by atoms with Gasteiger partial charge in [-0.15, -0.1) is 0 Å². The molecule has 2 spiro atoms. The van der Waals surface area contributed by atoms with Crippen molar-refractivity contribution in [3.8, 4) is 0 Å². The Morgan fingerprint density at radius 2 is 1.39 bits per heavy atom. The van der Waals surface area contributed by atoms with Gasteiger partial charge in [-0.2, -0.15) is 0 Å². The monoisotopic (exact) mass is 506 g/mol. The molecule has 9 heteroatoms. The molecule has 202 valence electrons. The van der Waals surface area contributed by atoms with Crippen LogP contribution in [0.25, 0.3) is 0 Å². The molecule has 9 nitrogen and oxygen atoms in total. The van der Waals surface area contributed by atoms with Crippen LogP contribution in [-0.4, -0.2) is 80.5 Å². The van der Waals surface area contributed by atoms with Crippen molar-refractivity contribution in [2.45, 2.75) is 113 Å². The number of aromatic nitrogens is 2. The van der Waals surface area contributed by atoms with E-state index in [9.17, 15) is 0 Å². The standard InChI is InChI=1S/C27H42N2O7/c1-30-21(22-17-33-26(35-22)10-6-4-7-11-26)14-19-15-29-20(16-28-19)24(31-2)25(32-3)23-18-34-27(36-23)12-8-5-9-13-27/h15-16,21-25H,4-14,17-18H2,1-3H3/t21-,22+,23+,24+,25?/m0/s1. The second-order valence-corrected chi connectivity index (χ2v) is 10.6. The quantitative estimate of drug-likeness (QED) is 0.495. The zero-order valence-corrected chi connectivity index (χ0v) is 22.0. The average molecular weight is 507 g/mol. The van der Waals surface area contributed by atoms with Crippen LogP contribution in [0.5, 0.6) is 0 Å². The van der Waals surface area contributed by atoms with Gasteiger partial charge in [-0.1, -0.05) is 12.8 Å². The SMILES string of the molecule is COC([C@H](OC)c1cnc(C[C@H](OC)[C@H]2COC3(CCCCC3)O2)cn1)[C@H]1COC2(CCCCC2)O1. The minimum absolute atomic E-state index is 0.106. The fourth-order valence-electron chi connectivity index (χ4n) is 6.29. The molecular weight excluding hydrogens is 464 g/mol. The van der Waals surface area contributed by atoms with E-state index < -0.39 is 17.7 Å². The Kier molecular flexibility index (Phi) is 8.57. The fraction of sp³-hybridized carbons (Fsp3) is 0.852. The number of nitrogens with zero attached hydrogens (tertiary/aromatic N) is 2. The summed E-state index contributed by atoms with van der Waals surface area (Å²) in [5, 5.41) is 0. The molecule has 0 radical (unpaired) electrons. The zero-order valence-electron chi connectivity index (χ0n) is 22.0. The molecule has 1 aromatic heterocycles. The van der Waals surface area contributed by atoms with Crippen LogP contribution in [0.2, 0.25) is 0 Å². The summed E-state index contributed by atoms with van der Waals surface area (Å²) in [5.74, 6) is -0.886. The third-order valence-electron chi connectivity index (χ3n) is 8.32. The minimum Gasteiger partial charge on any atom is -0.378 e. The van der Waals surface area contributed by atoms with Gasteiger partial charge in [0.05, 0.1) is 36.9 Å². The summed E-state index contributed by atoms with van der Waals surface area (Å²) < 4.78 is 42.6. The summed E-state index contributed by atoms with van der Waals surface area (Å²) in [7, 11) is 5.06. The van der Waals surface area contributed by atoms with E-state index in [0.29, 0.717) is 25.3 Å². The summed E-state index contributed by atoms with van der Waals surface area (Å²) in [4.78, 5) is 9.39. The highest BCUT2D eigenvalue weighted by atomic mass is 16.8. The van der Waals surface area contributed by atoms with Crippen LogP contribution >= 0.6 is 0 Å². The van der Waals surface area contributed by atoms with Crippen molar-refractivity contribution in [3.63, 3.8) is 0 Å². The number of methoxy groups -OCH3 is 3. The van der Waals surface area contributed by atoms with E-state index in [2.05, 4.69) is 0 Å². The van der Waals surface area contributed by atoms with Crippen LogP contribution in [0.15, 0.2) is 12.4 Å². The molecule has 2 saturated heterocycles. The molecule has 0 N–H and O–H groups in total. The average Bonchev–Trinajstić information content (AvgIpc) is 3.51. The van der Waals surface area contributed by atoms with Crippen LogP contribution in [0.3, 0.4) is 0 Å². The molecule has 5 atom stereocenters. The lowest BCUT2D eigenvalue weighted by molar-refractivity contribution is -0.205. The maximum absolute atomic E-state index is 6.42. The Morgan fingerprint density at radius 1 is 0.778 bits per heavy atom. The molecule has 3 heterocycles. The lowest BCUT2D eigenvalue weighted by atomic mass is 9.94. The van der Waals surface area contributed by atoms with Gasteiger partial charge < -0.3 is 33.2 Å². The molecule has 1 aromatic rings. The minimum atomic E-state index is -0.467. The Morgan fingerprint density at radius 3 is 1.92 bits per heavy atom. The first-order valence-electron chi connectivity index (χ1n) is 13.6. The van der Waals surface area contributed by atoms with Crippen molar-refractivity contribution in [3.05, 3.63) is 23.8 Å². The van der Waals surface area contributed by atoms with Gasteiger partial charge in [0.1, 0.15) is 24.4 Å². The van der Waals surface area contributed by atoms with E-state index in [1.54, 1.807) is 33.7 Å². The molecule has 0 aromatic carbocycles. The number of hydrogen-bond donors (Lipinski definition) is 0. The summed E-state index contributed by atoms with van der Waals surface area (Å²) in [6.07, 6.45) is 13.8. The number of rotatable bonds is 9. The largest absolute Gasteiger partial charge is 0.378 e. The normalized spacial score (nSPS) is 30.0. The third kappa shape index (κ3) is 5.62. The lowest BCUT2D eigenvalue weighted by Gasteiger charge is -2.33. The van der Waals surface area contributed by atoms with E-state index >= 15 is 0 Å². The van der Waals surface area contributed by atoms with E-state index in [0.717, 1.165) is 57.1 Å². The van der Waals surface area contributed by atoms with Crippen LogP contribution in [0.1, 0.15) is 81.7 Å². The first-order valence-corrected chi connectivity index (χ1v) is 13.6. The summed E-state index contributed by atoms with van der Waals surface area (Å²) in [5.41, 5.74) is 1.54. The maximum atomic E-state index is 6.42. The second kappa shape index (κ2) is 11.7. The van der Waals surface area contributed by atoms with Crippen LogP contribution in [-0.2, 0) is 39.6 Å². The first-order chi connectivity index (χ1) is 17.6. The van der Waals surface area contributed by atoms with E-state index in [1.165, 1.54) is 12.8 Å². The molecule has 1 unspecified atom stereocenters. The summed E-state index contributed by atoms with van der Waals surface area (Å²) >= 11 is 0. The highest BCUT2D eigenvalue weighted by molar-refractivity contribution is 5.10. The summed E-state index contributed by atoms with van der Waals surface area (Å²) in [6, 6.07) is 0. The second-order valence-electron chi connectivity index (χ2n) is 10.6. The Hall–Kier alpha value is -1.20. The van der Waals surface area contributed by atoms with Crippen molar-refractivity contribution in [2.24, 2.45) is 0 Å². The predicted octanol–water partition coefficient (Wildman–Crippen LogP) is 3.89. The Bertz CT molecular complexity index is 826. The van der Waals surface area contributed by atoms with Gasteiger partial charge in [-0.3, -0.25) is 9.97 Å². The van der Waals surface area contributed by atoms with E-state index in [-0.39, 0.29) is 24.4 Å². The highest BCUT2D eigenvalue weighted by Crippen LogP contribution is 2.41. The van der Waals surface area contributed by atoms with E-state index in [4.69, 9.17) is 43.1 Å². The van der Waals surface area contributed by atoms with Crippen molar-refractivity contribution >= 4 is 0 Å². The zero-order chi connectivity index (χ0) is 25.0. The van der Waals surface area contributed by atoms with Crippen molar-refractivity contribution in [1.29, 1.82) is 0 Å². The Labute approximate surface area is 214 Å². The van der Waals surface area contributed by atoms with Gasteiger partial charge in [0, 0.05) is 59.6 Å². The molecule has 4 fully saturated rings. The van der Waals surface area contributed by atoms with Crippen LogP contribution < -0.4 is 0 Å². The molecule has 2 saturated carbocycles. The molecule has 2 aliphatic carbocycles. The van der Waals surface area contributed by atoms with Crippen molar-refractivity contribution in [2.75, 3.05) is 34.5 Å². The highest BCUT2D eigenvalue weighted by Gasteiger charge is 2.48.